The molecule has 0 atom stereocenters. The highest BCUT2D eigenvalue weighted by molar-refractivity contribution is 4.65. The van der Waals surface area contributed by atoms with E-state index in [1.165, 1.54) is 0 Å². The van der Waals surface area contributed by atoms with Gasteiger partial charge in [-0.25, -0.2) is 0 Å². The summed E-state index contributed by atoms with van der Waals surface area (Å²) in [6.07, 6.45) is 2.97. The third-order valence-corrected chi connectivity index (χ3v) is 0.598. The molecule has 0 aliphatic heterocycles. The summed E-state index contributed by atoms with van der Waals surface area (Å²) in [5.74, 6) is 0. The smallest absolute Gasteiger partial charge is 0.00174 e. The fraction of sp³-hybridized carbons (Fsp3) is 0.833. The minimum atomic E-state index is 0.500. The van der Waals surface area contributed by atoms with Gasteiger partial charge in [0, 0.05) is 0 Å². The quantitative estimate of drug-likeness (QED) is 0.522. The molecular formula is C12H29N. The van der Waals surface area contributed by atoms with Crippen molar-refractivity contribution in [3.8, 4) is 0 Å². The Morgan fingerprint density at radius 2 is 1.46 bits per heavy atom. The van der Waals surface area contributed by atoms with Gasteiger partial charge >= 0.3 is 0 Å². The van der Waals surface area contributed by atoms with Gasteiger partial charge in [-0.1, -0.05) is 47.6 Å². The highest BCUT2D eigenvalue weighted by atomic mass is 14.8. The molecule has 13 heavy (non-hydrogen) atoms. The van der Waals surface area contributed by atoms with Gasteiger partial charge in [-0.2, -0.15) is 0 Å². The normalized spacial score (nSPS) is 8.85. The molecule has 0 rings (SSSR count). The van der Waals surface area contributed by atoms with Gasteiger partial charge in [0.25, 0.3) is 0 Å². The molecule has 82 valence electrons. The predicted molar refractivity (Wildman–Crippen MR) is 65.2 cm³/mol. The van der Waals surface area contributed by atoms with Gasteiger partial charge in [0.05, 0.1) is 0 Å². The van der Waals surface area contributed by atoms with E-state index in [1.54, 1.807) is 0 Å². The molecular weight excluding hydrogens is 158 g/mol. The van der Waals surface area contributed by atoms with E-state index in [0.29, 0.717) is 5.41 Å². The van der Waals surface area contributed by atoms with Crippen LogP contribution in [0.3, 0.4) is 0 Å². The molecule has 0 aromatic carbocycles. The number of hydrogen-bond acceptors (Lipinski definition) is 1. The molecule has 0 aromatic rings. The van der Waals surface area contributed by atoms with E-state index in [2.05, 4.69) is 39.6 Å². The SMILES string of the molecule is C=CCCNC.CC.CC(C)(C)C. The Kier molecular flexibility index (Phi) is 20.2. The Labute approximate surface area is 85.6 Å². The van der Waals surface area contributed by atoms with Crippen molar-refractivity contribution in [2.24, 2.45) is 5.41 Å². The minimum Gasteiger partial charge on any atom is -0.319 e. The van der Waals surface area contributed by atoms with Gasteiger partial charge in [0.15, 0.2) is 0 Å². The van der Waals surface area contributed by atoms with Crippen molar-refractivity contribution in [1.82, 2.24) is 5.32 Å². The standard InChI is InChI=1S/C5H11N.C5H12.C2H6/c1-3-4-5-6-2;1-5(2,3)4;1-2/h3,6H,1,4-5H2,2H3;1-4H3;1-2H3. The Morgan fingerprint density at radius 3 is 1.54 bits per heavy atom. The summed E-state index contributed by atoms with van der Waals surface area (Å²) < 4.78 is 0. The van der Waals surface area contributed by atoms with Crippen molar-refractivity contribution >= 4 is 0 Å². The number of nitrogens with one attached hydrogen (secondary N) is 1. The van der Waals surface area contributed by atoms with E-state index < -0.39 is 0 Å². The molecule has 0 heterocycles. The van der Waals surface area contributed by atoms with Crippen LogP contribution in [-0.4, -0.2) is 13.6 Å². The van der Waals surface area contributed by atoms with Crippen LogP contribution in [-0.2, 0) is 0 Å². The zero-order valence-electron chi connectivity index (χ0n) is 10.7. The second-order valence-electron chi connectivity index (χ2n) is 4.18. The van der Waals surface area contributed by atoms with E-state index in [0.717, 1.165) is 13.0 Å². The molecule has 0 aliphatic rings. The zero-order chi connectivity index (χ0) is 11.3. The minimum absolute atomic E-state index is 0.500. The molecule has 1 N–H and O–H groups in total. The van der Waals surface area contributed by atoms with Crippen LogP contribution in [0.2, 0.25) is 0 Å². The maximum atomic E-state index is 3.56. The van der Waals surface area contributed by atoms with Crippen molar-refractivity contribution in [3.05, 3.63) is 12.7 Å². The van der Waals surface area contributed by atoms with Crippen molar-refractivity contribution in [1.29, 1.82) is 0 Å². The third-order valence-electron chi connectivity index (χ3n) is 0.598. The number of hydrogen-bond donors (Lipinski definition) is 1. The highest BCUT2D eigenvalue weighted by Crippen LogP contribution is 2.07. The Balaban J connectivity index is -0.000000131. The Hall–Kier alpha value is -0.300. The van der Waals surface area contributed by atoms with E-state index >= 15 is 0 Å². The largest absolute Gasteiger partial charge is 0.319 e. The molecule has 0 amide bonds. The lowest BCUT2D eigenvalue weighted by atomic mass is 10.0. The molecule has 0 saturated carbocycles. The van der Waals surface area contributed by atoms with Gasteiger partial charge in [0.1, 0.15) is 0 Å². The monoisotopic (exact) mass is 187 g/mol. The summed E-state index contributed by atoms with van der Waals surface area (Å²) >= 11 is 0. The molecule has 1 nitrogen and oxygen atoms in total. The lowest BCUT2D eigenvalue weighted by molar-refractivity contribution is 0.469. The van der Waals surface area contributed by atoms with Crippen LogP contribution < -0.4 is 5.32 Å². The van der Waals surface area contributed by atoms with E-state index in [4.69, 9.17) is 0 Å². The van der Waals surface area contributed by atoms with Gasteiger partial charge in [-0.3, -0.25) is 0 Å². The molecule has 0 bridgehead atoms. The average molecular weight is 187 g/mol. The maximum absolute atomic E-state index is 3.56. The van der Waals surface area contributed by atoms with Crippen LogP contribution in [0.4, 0.5) is 0 Å². The van der Waals surface area contributed by atoms with Crippen LogP contribution >= 0.6 is 0 Å². The predicted octanol–water partition coefficient (Wildman–Crippen LogP) is 3.86. The fourth-order valence-corrected chi connectivity index (χ4v) is 0.246. The van der Waals surface area contributed by atoms with Gasteiger partial charge < -0.3 is 5.32 Å². The molecule has 1 heteroatoms. The molecule has 0 fully saturated rings. The van der Waals surface area contributed by atoms with Crippen LogP contribution in [0, 0.1) is 5.41 Å². The summed E-state index contributed by atoms with van der Waals surface area (Å²) in [5.41, 5.74) is 0.500. The first-order valence-corrected chi connectivity index (χ1v) is 5.17. The molecule has 0 radical (unpaired) electrons. The fourth-order valence-electron chi connectivity index (χ4n) is 0.246. The summed E-state index contributed by atoms with van der Waals surface area (Å²) in [5, 5.41) is 3.00. The first-order chi connectivity index (χ1) is 5.91. The average Bonchev–Trinajstić information content (AvgIpc) is 2.02. The topological polar surface area (TPSA) is 12.0 Å². The molecule has 0 spiro atoms. The second-order valence-corrected chi connectivity index (χ2v) is 4.18. The van der Waals surface area contributed by atoms with E-state index in [-0.39, 0.29) is 0 Å². The Bertz CT molecular complexity index is 73.6. The first-order valence-electron chi connectivity index (χ1n) is 5.17. The summed E-state index contributed by atoms with van der Waals surface area (Å²) in [7, 11) is 1.93. The molecule has 0 aromatic heterocycles. The lowest BCUT2D eigenvalue weighted by Crippen LogP contribution is -2.05. The number of rotatable bonds is 3. The lowest BCUT2D eigenvalue weighted by Gasteiger charge is -2.05. The van der Waals surface area contributed by atoms with Crippen LogP contribution in [0.15, 0.2) is 12.7 Å². The summed E-state index contributed by atoms with van der Waals surface area (Å²) in [6, 6.07) is 0. The highest BCUT2D eigenvalue weighted by Gasteiger charge is 1.95. The van der Waals surface area contributed by atoms with Crippen molar-refractivity contribution in [2.75, 3.05) is 13.6 Å². The van der Waals surface area contributed by atoms with Crippen LogP contribution in [0.5, 0.6) is 0 Å². The van der Waals surface area contributed by atoms with Crippen LogP contribution in [0.1, 0.15) is 48.0 Å². The van der Waals surface area contributed by atoms with E-state index in [9.17, 15) is 0 Å². The first kappa shape index (κ1) is 18.5. The van der Waals surface area contributed by atoms with Gasteiger partial charge in [-0.15, -0.1) is 6.58 Å². The maximum Gasteiger partial charge on any atom is -0.00174 e. The molecule has 0 aliphatic carbocycles. The van der Waals surface area contributed by atoms with Crippen molar-refractivity contribution < 1.29 is 0 Å². The zero-order valence-corrected chi connectivity index (χ0v) is 10.7. The Morgan fingerprint density at radius 1 is 1.15 bits per heavy atom. The van der Waals surface area contributed by atoms with Gasteiger partial charge in [0.2, 0.25) is 0 Å². The van der Waals surface area contributed by atoms with Crippen LogP contribution in [0.25, 0.3) is 0 Å². The third kappa shape index (κ3) is 151. The molecule has 0 unspecified atom stereocenters. The van der Waals surface area contributed by atoms with Gasteiger partial charge in [-0.05, 0) is 25.4 Å². The van der Waals surface area contributed by atoms with Crippen molar-refractivity contribution in [2.45, 2.75) is 48.0 Å². The summed E-state index contributed by atoms with van der Waals surface area (Å²) in [4.78, 5) is 0. The van der Waals surface area contributed by atoms with E-state index in [1.807, 2.05) is 27.0 Å². The summed E-state index contributed by atoms with van der Waals surface area (Å²) in [6.45, 7) is 17.4. The second kappa shape index (κ2) is 14.2. The van der Waals surface area contributed by atoms with Crippen molar-refractivity contribution in [3.63, 3.8) is 0 Å². The molecule has 0 saturated heterocycles.